The zero-order valence-electron chi connectivity index (χ0n) is 14.8. The molecule has 0 saturated carbocycles. The normalized spacial score (nSPS) is 12.2. The highest BCUT2D eigenvalue weighted by Gasteiger charge is 2.20. The lowest BCUT2D eigenvalue weighted by atomic mass is 10.1. The molecule has 0 aliphatic rings. The number of anilines is 1. The van der Waals surface area contributed by atoms with E-state index in [1.165, 1.54) is 34.8 Å². The molecule has 0 saturated heterocycles. The highest BCUT2D eigenvalue weighted by atomic mass is 32.1. The van der Waals surface area contributed by atoms with E-state index in [1.807, 2.05) is 13.8 Å². The first-order valence-corrected chi connectivity index (χ1v) is 9.57. The van der Waals surface area contributed by atoms with Crippen LogP contribution in [0.1, 0.15) is 38.3 Å². The van der Waals surface area contributed by atoms with E-state index in [4.69, 9.17) is 4.74 Å². The van der Waals surface area contributed by atoms with E-state index in [9.17, 15) is 9.18 Å². The Bertz CT molecular complexity index is 935. The number of thiazole rings is 2. The third kappa shape index (κ3) is 3.82. The molecule has 0 aliphatic heterocycles. The van der Waals surface area contributed by atoms with Crippen molar-refractivity contribution >= 4 is 33.7 Å². The van der Waals surface area contributed by atoms with Crippen molar-refractivity contribution in [2.75, 3.05) is 12.4 Å². The number of methoxy groups -OCH3 is 1. The summed E-state index contributed by atoms with van der Waals surface area (Å²) in [5.74, 6) is -0.536. The average Bonchev–Trinajstić information content (AvgIpc) is 3.17. The molecule has 0 spiro atoms. The van der Waals surface area contributed by atoms with Crippen molar-refractivity contribution in [3.8, 4) is 11.3 Å². The maximum absolute atomic E-state index is 13.1. The predicted molar refractivity (Wildman–Crippen MR) is 102 cm³/mol. The minimum absolute atomic E-state index is 0.160. The molecule has 0 fully saturated rings. The summed E-state index contributed by atoms with van der Waals surface area (Å²) < 4.78 is 18.4. The van der Waals surface area contributed by atoms with Gasteiger partial charge in [-0.2, -0.15) is 0 Å². The number of aryl methyl sites for hydroxylation is 2. The zero-order chi connectivity index (χ0) is 18.8. The highest BCUT2D eigenvalue weighted by Crippen LogP contribution is 2.32. The Labute approximate surface area is 158 Å². The molecular weight excluding hydrogens is 373 g/mol. The fraction of sp³-hybridized carbons (Fsp3) is 0.278. The van der Waals surface area contributed by atoms with Crippen LogP contribution in [0.25, 0.3) is 11.3 Å². The van der Waals surface area contributed by atoms with Gasteiger partial charge in [-0.25, -0.2) is 14.4 Å². The molecule has 0 unspecified atom stereocenters. The summed E-state index contributed by atoms with van der Waals surface area (Å²) in [6.07, 6.45) is -0.160. The van der Waals surface area contributed by atoms with Gasteiger partial charge in [-0.1, -0.05) is 0 Å². The molecule has 8 heteroatoms. The van der Waals surface area contributed by atoms with Crippen molar-refractivity contribution in [1.29, 1.82) is 0 Å². The Kier molecular flexibility index (Phi) is 5.45. The van der Waals surface area contributed by atoms with Gasteiger partial charge >= 0.3 is 0 Å². The van der Waals surface area contributed by atoms with Crippen LogP contribution in [-0.2, 0) is 4.74 Å². The zero-order valence-corrected chi connectivity index (χ0v) is 16.4. The Balaban J connectivity index is 1.81. The fourth-order valence-corrected chi connectivity index (χ4v) is 4.20. The monoisotopic (exact) mass is 391 g/mol. The van der Waals surface area contributed by atoms with Gasteiger partial charge in [0.25, 0.3) is 5.91 Å². The van der Waals surface area contributed by atoms with Crippen LogP contribution >= 0.6 is 22.7 Å². The lowest BCUT2D eigenvalue weighted by Crippen LogP contribution is -2.11. The number of nitrogens with zero attached hydrogens (tertiary/aromatic N) is 2. The molecule has 1 amide bonds. The molecule has 2 aromatic heterocycles. The van der Waals surface area contributed by atoms with Crippen LogP contribution in [0.3, 0.4) is 0 Å². The molecule has 0 aliphatic carbocycles. The first-order valence-electron chi connectivity index (χ1n) is 7.94. The number of nitrogens with one attached hydrogen (secondary N) is 1. The molecule has 136 valence electrons. The number of ether oxygens (including phenoxy) is 1. The number of halogens is 1. The van der Waals surface area contributed by atoms with Crippen LogP contribution in [0, 0.1) is 19.7 Å². The van der Waals surface area contributed by atoms with Gasteiger partial charge in [-0.15, -0.1) is 22.7 Å². The third-order valence-electron chi connectivity index (χ3n) is 3.86. The first-order chi connectivity index (χ1) is 12.4. The Hall–Kier alpha value is -2.16. The van der Waals surface area contributed by atoms with Gasteiger partial charge in [0, 0.05) is 17.6 Å². The predicted octanol–water partition coefficient (Wildman–Crippen LogP) is 4.98. The molecule has 0 bridgehead atoms. The van der Waals surface area contributed by atoms with Crippen molar-refractivity contribution < 1.29 is 13.9 Å². The van der Waals surface area contributed by atoms with Crippen molar-refractivity contribution in [2.24, 2.45) is 0 Å². The van der Waals surface area contributed by atoms with Crippen LogP contribution in [0.5, 0.6) is 0 Å². The molecule has 2 heterocycles. The summed E-state index contributed by atoms with van der Waals surface area (Å²) in [5.41, 5.74) is 2.21. The van der Waals surface area contributed by atoms with Crippen LogP contribution in [0.4, 0.5) is 9.52 Å². The standard InChI is InChI=1S/C18H18FN3O2S2/c1-9-15(26-17(20-9)10(2)24-4)16(23)22-18-21-14(11(3)25-18)12-5-7-13(19)8-6-12/h5-8,10H,1-4H3,(H,21,22,23)/t10-/m0/s1. The van der Waals surface area contributed by atoms with Crippen LogP contribution in [0.15, 0.2) is 24.3 Å². The van der Waals surface area contributed by atoms with E-state index >= 15 is 0 Å². The Morgan fingerprint density at radius 3 is 2.54 bits per heavy atom. The number of benzene rings is 1. The second-order valence-electron chi connectivity index (χ2n) is 5.73. The number of rotatable bonds is 5. The number of carbonyl (C=O) groups excluding carboxylic acids is 1. The molecule has 26 heavy (non-hydrogen) atoms. The highest BCUT2D eigenvalue weighted by molar-refractivity contribution is 7.16. The van der Waals surface area contributed by atoms with Gasteiger partial charge in [-0.05, 0) is 45.0 Å². The van der Waals surface area contributed by atoms with E-state index < -0.39 is 0 Å². The van der Waals surface area contributed by atoms with Crippen molar-refractivity contribution in [1.82, 2.24) is 9.97 Å². The van der Waals surface area contributed by atoms with Gasteiger partial charge in [0.2, 0.25) is 0 Å². The molecule has 3 aromatic rings. The largest absolute Gasteiger partial charge is 0.375 e. The summed E-state index contributed by atoms with van der Waals surface area (Å²) in [5, 5.41) is 4.10. The molecular formula is C18H18FN3O2S2. The van der Waals surface area contributed by atoms with E-state index in [-0.39, 0.29) is 17.8 Å². The first kappa shape index (κ1) is 18.6. The smallest absolute Gasteiger partial charge is 0.269 e. The Morgan fingerprint density at radius 1 is 1.19 bits per heavy atom. The minimum atomic E-state index is -0.295. The number of aromatic nitrogens is 2. The van der Waals surface area contributed by atoms with Crippen molar-refractivity contribution in [3.63, 3.8) is 0 Å². The van der Waals surface area contributed by atoms with E-state index in [0.29, 0.717) is 15.7 Å². The number of carbonyl (C=O) groups is 1. The second kappa shape index (κ2) is 7.61. The lowest BCUT2D eigenvalue weighted by Gasteiger charge is -2.03. The van der Waals surface area contributed by atoms with Crippen molar-refractivity contribution in [3.05, 3.63) is 50.5 Å². The molecule has 1 aromatic carbocycles. The molecule has 1 atom stereocenters. The molecule has 5 nitrogen and oxygen atoms in total. The molecule has 3 rings (SSSR count). The molecule has 1 N–H and O–H groups in total. The van der Waals surface area contributed by atoms with Gasteiger partial charge in [-0.3, -0.25) is 10.1 Å². The summed E-state index contributed by atoms with van der Waals surface area (Å²) in [4.78, 5) is 23.0. The summed E-state index contributed by atoms with van der Waals surface area (Å²) in [6, 6.07) is 6.14. The number of hydrogen-bond acceptors (Lipinski definition) is 6. The quantitative estimate of drug-likeness (QED) is 0.666. The van der Waals surface area contributed by atoms with Crippen molar-refractivity contribution in [2.45, 2.75) is 26.9 Å². The van der Waals surface area contributed by atoms with Gasteiger partial charge in [0.1, 0.15) is 21.8 Å². The fourth-order valence-electron chi connectivity index (χ4n) is 2.38. The third-order valence-corrected chi connectivity index (χ3v) is 6.06. The van der Waals surface area contributed by atoms with Gasteiger partial charge < -0.3 is 4.74 Å². The minimum Gasteiger partial charge on any atom is -0.375 e. The van der Waals surface area contributed by atoms with Gasteiger partial charge in [0.05, 0.1) is 11.4 Å². The van der Waals surface area contributed by atoms with Crippen LogP contribution in [0.2, 0.25) is 0 Å². The topological polar surface area (TPSA) is 64.1 Å². The average molecular weight is 391 g/mol. The van der Waals surface area contributed by atoms with Crippen LogP contribution in [-0.4, -0.2) is 23.0 Å². The maximum Gasteiger partial charge on any atom is 0.269 e. The molecule has 0 radical (unpaired) electrons. The summed E-state index contributed by atoms with van der Waals surface area (Å²) in [6.45, 7) is 5.61. The van der Waals surface area contributed by atoms with Gasteiger partial charge in [0.15, 0.2) is 5.13 Å². The Morgan fingerprint density at radius 2 is 1.88 bits per heavy atom. The summed E-state index contributed by atoms with van der Waals surface area (Å²) >= 11 is 2.70. The van der Waals surface area contributed by atoms with E-state index in [0.717, 1.165) is 21.1 Å². The number of hydrogen-bond donors (Lipinski definition) is 1. The van der Waals surface area contributed by atoms with E-state index in [1.54, 1.807) is 26.2 Å². The SMILES string of the molecule is CO[C@@H](C)c1nc(C)c(C(=O)Nc2nc(-c3ccc(F)cc3)c(C)s2)s1. The maximum atomic E-state index is 13.1. The number of amides is 1. The summed E-state index contributed by atoms with van der Waals surface area (Å²) in [7, 11) is 1.61. The van der Waals surface area contributed by atoms with E-state index in [2.05, 4.69) is 15.3 Å². The lowest BCUT2D eigenvalue weighted by molar-refractivity contribution is 0.103. The van der Waals surface area contributed by atoms with Crippen LogP contribution < -0.4 is 5.32 Å². The second-order valence-corrected chi connectivity index (χ2v) is 7.96.